The highest BCUT2D eigenvalue weighted by Gasteiger charge is 2.28. The third-order valence-corrected chi connectivity index (χ3v) is 6.74. The van der Waals surface area contributed by atoms with Gasteiger partial charge >= 0.3 is 0 Å². The molecule has 2 aliphatic heterocycles. The van der Waals surface area contributed by atoms with E-state index in [4.69, 9.17) is 4.98 Å². The van der Waals surface area contributed by atoms with Crippen LogP contribution in [0, 0.1) is 5.82 Å². The number of hydrogen-bond acceptors (Lipinski definition) is 4. The van der Waals surface area contributed by atoms with Gasteiger partial charge < -0.3 is 4.90 Å². The Morgan fingerprint density at radius 2 is 2.09 bits per heavy atom. The Bertz CT molecular complexity index is 1220. The van der Waals surface area contributed by atoms with Crippen LogP contribution in [0.25, 0.3) is 5.65 Å². The molecule has 168 valence electrons. The van der Waals surface area contributed by atoms with Gasteiger partial charge in [-0.25, -0.2) is 13.9 Å². The molecule has 1 N–H and O–H groups in total. The maximum atomic E-state index is 14.3. The van der Waals surface area contributed by atoms with Crippen molar-refractivity contribution in [2.75, 3.05) is 13.1 Å². The normalized spacial score (nSPS) is 19.3. The van der Waals surface area contributed by atoms with Crippen LogP contribution < -0.4 is 5.56 Å². The molecule has 0 unspecified atom stereocenters. The summed E-state index contributed by atoms with van der Waals surface area (Å²) in [6.45, 7) is 4.15. The molecule has 1 fully saturated rings. The largest absolute Gasteiger partial charge is 0.338 e. The van der Waals surface area contributed by atoms with Gasteiger partial charge in [0, 0.05) is 37.6 Å². The van der Waals surface area contributed by atoms with Crippen molar-refractivity contribution in [3.8, 4) is 0 Å². The average molecular weight is 438 g/mol. The second kappa shape index (κ2) is 8.50. The number of piperidine rings is 1. The summed E-state index contributed by atoms with van der Waals surface area (Å²) in [5, 5.41) is 3.27. The van der Waals surface area contributed by atoms with Crippen LogP contribution in [0.1, 0.15) is 61.2 Å². The van der Waals surface area contributed by atoms with Crippen LogP contribution in [0.3, 0.4) is 0 Å². The number of aromatic amines is 1. The molecule has 4 heterocycles. The monoisotopic (exact) mass is 437 g/mol. The number of likely N-dealkylation sites (tertiary alicyclic amines) is 1. The first-order valence-corrected chi connectivity index (χ1v) is 11.4. The highest BCUT2D eigenvalue weighted by atomic mass is 19.1. The second-order valence-corrected chi connectivity index (χ2v) is 8.74. The molecule has 1 aromatic carbocycles. The number of carbonyl (C=O) groups excluding carboxylic acids is 1. The van der Waals surface area contributed by atoms with Crippen molar-refractivity contribution in [3.05, 3.63) is 69.0 Å². The van der Waals surface area contributed by atoms with Crippen molar-refractivity contribution in [3.63, 3.8) is 0 Å². The molecule has 2 aliphatic rings. The van der Waals surface area contributed by atoms with E-state index in [0.717, 1.165) is 37.2 Å². The zero-order valence-corrected chi connectivity index (χ0v) is 18.3. The number of halogens is 1. The van der Waals surface area contributed by atoms with E-state index in [1.165, 1.54) is 10.6 Å². The van der Waals surface area contributed by atoms with Gasteiger partial charge in [0.2, 0.25) is 5.91 Å². The zero-order valence-electron chi connectivity index (χ0n) is 18.3. The molecular formula is C24H28FN5O2. The Hall–Kier alpha value is -3.00. The van der Waals surface area contributed by atoms with Crippen LogP contribution in [0.15, 0.2) is 35.1 Å². The molecule has 1 atom stereocenters. The van der Waals surface area contributed by atoms with E-state index in [1.54, 1.807) is 11.0 Å². The van der Waals surface area contributed by atoms with Gasteiger partial charge in [-0.2, -0.15) is 0 Å². The van der Waals surface area contributed by atoms with Crippen LogP contribution in [-0.2, 0) is 24.3 Å². The molecule has 0 saturated carbocycles. The molecule has 1 amide bonds. The smallest absolute Gasteiger partial charge is 0.277 e. The fourth-order valence-electron chi connectivity index (χ4n) is 4.99. The van der Waals surface area contributed by atoms with E-state index >= 15 is 0 Å². The minimum Gasteiger partial charge on any atom is -0.338 e. The number of carbonyl (C=O) groups is 1. The number of nitrogens with one attached hydrogen (secondary N) is 1. The number of hydrogen-bond donors (Lipinski definition) is 1. The summed E-state index contributed by atoms with van der Waals surface area (Å²) in [4.78, 5) is 34.1. The van der Waals surface area contributed by atoms with Gasteiger partial charge in [-0.1, -0.05) is 31.5 Å². The van der Waals surface area contributed by atoms with E-state index < -0.39 is 0 Å². The van der Waals surface area contributed by atoms with E-state index in [9.17, 15) is 14.0 Å². The first-order valence-electron chi connectivity index (χ1n) is 11.4. The lowest BCUT2D eigenvalue weighted by Crippen LogP contribution is -2.40. The Morgan fingerprint density at radius 1 is 1.25 bits per heavy atom. The summed E-state index contributed by atoms with van der Waals surface area (Å²) >= 11 is 0. The lowest BCUT2D eigenvalue weighted by atomic mass is 9.98. The quantitative estimate of drug-likeness (QED) is 0.680. The summed E-state index contributed by atoms with van der Waals surface area (Å²) in [6, 6.07) is 8.92. The molecule has 0 radical (unpaired) electrons. The summed E-state index contributed by atoms with van der Waals surface area (Å²) in [5.74, 6) is -0.136. The number of rotatable bonds is 4. The second-order valence-electron chi connectivity index (χ2n) is 8.74. The summed E-state index contributed by atoms with van der Waals surface area (Å²) < 4.78 is 15.8. The Kier molecular flexibility index (Phi) is 5.55. The first-order chi connectivity index (χ1) is 15.5. The summed E-state index contributed by atoms with van der Waals surface area (Å²) in [7, 11) is 0. The zero-order chi connectivity index (χ0) is 22.2. The first kappa shape index (κ1) is 20.9. The van der Waals surface area contributed by atoms with Gasteiger partial charge in [0.05, 0.1) is 29.5 Å². The van der Waals surface area contributed by atoms with E-state index in [1.807, 2.05) is 25.1 Å². The molecule has 32 heavy (non-hydrogen) atoms. The van der Waals surface area contributed by atoms with Crippen LogP contribution in [0.2, 0.25) is 0 Å². The SMILES string of the molecule is CCC(=O)N1CCc2nc3cc([C@H]4CCCCN4Cc4ccccc4F)[nH]n3c(=O)c2C1. The molecule has 7 nitrogen and oxygen atoms in total. The lowest BCUT2D eigenvalue weighted by Gasteiger charge is -2.35. The fourth-order valence-corrected chi connectivity index (χ4v) is 4.99. The topological polar surface area (TPSA) is 73.7 Å². The molecule has 0 spiro atoms. The lowest BCUT2D eigenvalue weighted by molar-refractivity contribution is -0.131. The Balaban J connectivity index is 1.47. The standard InChI is InChI=1S/C24H28FN5O2/c1-2-23(31)29-12-10-19-17(15-29)24(32)30-22(26-19)13-20(27-30)21-9-5-6-11-28(21)14-16-7-3-4-8-18(16)25/h3-4,7-8,13,21,27H,2,5-6,9-12,14-15H2,1H3/t21-/m1/s1. The third-order valence-electron chi connectivity index (χ3n) is 6.74. The molecule has 2 aromatic heterocycles. The molecule has 1 saturated heterocycles. The predicted octanol–water partition coefficient (Wildman–Crippen LogP) is 3.18. The molecule has 5 rings (SSSR count). The molecule has 0 aliphatic carbocycles. The average Bonchev–Trinajstić information content (AvgIpc) is 3.24. The van der Waals surface area contributed by atoms with Crippen molar-refractivity contribution in [1.82, 2.24) is 24.4 Å². The van der Waals surface area contributed by atoms with Gasteiger partial charge in [0.15, 0.2) is 5.65 Å². The van der Waals surface area contributed by atoms with Gasteiger partial charge in [0.1, 0.15) is 5.82 Å². The summed E-state index contributed by atoms with van der Waals surface area (Å²) in [6.07, 6.45) is 4.11. The maximum absolute atomic E-state index is 14.3. The van der Waals surface area contributed by atoms with Crippen molar-refractivity contribution in [2.45, 2.75) is 58.2 Å². The Morgan fingerprint density at radius 3 is 2.91 bits per heavy atom. The van der Waals surface area contributed by atoms with Gasteiger partial charge in [-0.3, -0.25) is 19.6 Å². The van der Waals surface area contributed by atoms with Crippen LogP contribution in [0.5, 0.6) is 0 Å². The molecule has 8 heteroatoms. The fraction of sp³-hybridized carbons (Fsp3) is 0.458. The molecule has 0 bridgehead atoms. The molecule has 3 aromatic rings. The summed E-state index contributed by atoms with van der Waals surface area (Å²) in [5.41, 5.74) is 3.46. The number of nitrogens with zero attached hydrogens (tertiary/aromatic N) is 4. The van der Waals surface area contributed by atoms with E-state index in [2.05, 4.69) is 10.00 Å². The molecular weight excluding hydrogens is 409 g/mol. The van der Waals surface area contributed by atoms with E-state index in [0.29, 0.717) is 49.2 Å². The number of benzene rings is 1. The van der Waals surface area contributed by atoms with Gasteiger partial charge in [0.25, 0.3) is 5.56 Å². The minimum atomic E-state index is -0.190. The number of H-pyrrole nitrogens is 1. The van der Waals surface area contributed by atoms with Gasteiger partial charge in [-0.05, 0) is 25.5 Å². The highest BCUT2D eigenvalue weighted by molar-refractivity contribution is 5.76. The number of fused-ring (bicyclic) bond motifs is 2. The van der Waals surface area contributed by atoms with Crippen LogP contribution >= 0.6 is 0 Å². The van der Waals surface area contributed by atoms with Crippen LogP contribution in [-0.4, -0.2) is 43.4 Å². The van der Waals surface area contributed by atoms with Crippen molar-refractivity contribution in [1.29, 1.82) is 0 Å². The van der Waals surface area contributed by atoms with Crippen molar-refractivity contribution in [2.24, 2.45) is 0 Å². The van der Waals surface area contributed by atoms with E-state index in [-0.39, 0.29) is 23.3 Å². The predicted molar refractivity (Wildman–Crippen MR) is 119 cm³/mol. The minimum absolute atomic E-state index is 0.0540. The number of amides is 1. The van der Waals surface area contributed by atoms with Gasteiger partial charge in [-0.15, -0.1) is 0 Å². The Labute approximate surface area is 185 Å². The van der Waals surface area contributed by atoms with Crippen molar-refractivity contribution >= 4 is 11.6 Å². The third kappa shape index (κ3) is 3.72. The number of aromatic nitrogens is 3. The van der Waals surface area contributed by atoms with Crippen molar-refractivity contribution < 1.29 is 9.18 Å². The maximum Gasteiger partial charge on any atom is 0.277 e. The highest BCUT2D eigenvalue weighted by Crippen LogP contribution is 2.32. The van der Waals surface area contributed by atoms with Crippen LogP contribution in [0.4, 0.5) is 4.39 Å².